The number of Topliss-reactive ketones (excluding diaryl/α,β-unsaturated/α-hetero) is 2. The monoisotopic (exact) mass is 468 g/mol. The number of carbonyl (C=O) groups excluding carboxylic acids is 2. The molecule has 144 valence electrons. The molecule has 0 saturated heterocycles. The van der Waals surface area contributed by atoms with E-state index in [1.165, 1.54) is 0 Å². The van der Waals surface area contributed by atoms with Crippen LogP contribution in [-0.4, -0.2) is 18.2 Å². The molecule has 0 fully saturated rings. The molecule has 1 aliphatic rings. The Morgan fingerprint density at radius 2 is 1.83 bits per heavy atom. The highest BCUT2D eigenvalue weighted by Crippen LogP contribution is 2.35. The maximum atomic E-state index is 12.6. The lowest BCUT2D eigenvalue weighted by Crippen LogP contribution is -2.11. The van der Waals surface area contributed by atoms with Crippen LogP contribution in [0.4, 0.5) is 0 Å². The molecule has 0 aliphatic carbocycles. The quantitative estimate of drug-likeness (QED) is 0.341. The van der Waals surface area contributed by atoms with Gasteiger partial charge in [0.15, 0.2) is 18.1 Å². The van der Waals surface area contributed by atoms with Gasteiger partial charge in [0.2, 0.25) is 5.78 Å². The highest BCUT2D eigenvalue weighted by atomic mass is 79.9. The van der Waals surface area contributed by atoms with E-state index < -0.39 is 0 Å². The van der Waals surface area contributed by atoms with E-state index in [1.54, 1.807) is 48.5 Å². The van der Waals surface area contributed by atoms with Crippen LogP contribution in [0.25, 0.3) is 6.08 Å². The van der Waals surface area contributed by atoms with E-state index in [4.69, 9.17) is 21.1 Å². The number of carbonyl (C=O) groups is 2. The van der Waals surface area contributed by atoms with Crippen molar-refractivity contribution in [2.75, 3.05) is 6.61 Å². The number of hydrogen-bond donors (Lipinski definition) is 0. The lowest BCUT2D eigenvalue weighted by molar-refractivity contribution is 0.0921. The van der Waals surface area contributed by atoms with Gasteiger partial charge in [-0.2, -0.15) is 0 Å². The molecule has 0 aromatic heterocycles. The van der Waals surface area contributed by atoms with Gasteiger partial charge in [-0.1, -0.05) is 45.7 Å². The zero-order chi connectivity index (χ0) is 20.4. The average Bonchev–Trinajstić information content (AvgIpc) is 3.03. The highest BCUT2D eigenvalue weighted by molar-refractivity contribution is 9.10. The van der Waals surface area contributed by atoms with Crippen molar-refractivity contribution in [1.29, 1.82) is 0 Å². The van der Waals surface area contributed by atoms with E-state index in [0.29, 0.717) is 27.6 Å². The number of allylic oxidation sites excluding steroid dienone is 1. The Balaban J connectivity index is 1.48. The molecule has 0 saturated carbocycles. The van der Waals surface area contributed by atoms with Gasteiger partial charge in [-0.25, -0.2) is 0 Å². The van der Waals surface area contributed by atoms with Crippen LogP contribution in [0.15, 0.2) is 77.0 Å². The lowest BCUT2D eigenvalue weighted by Gasteiger charge is -2.07. The summed E-state index contributed by atoms with van der Waals surface area (Å²) in [7, 11) is 0. The van der Waals surface area contributed by atoms with Crippen molar-refractivity contribution in [3.05, 3.63) is 98.7 Å². The molecule has 4 rings (SSSR count). The standard InChI is InChI=1S/C23H14BrClO4/c24-19-4-2-1-3-15(19)11-22-23(27)18-10-9-17(12-21(18)29-22)28-13-20(26)14-5-7-16(25)8-6-14/h1-12H,13H2. The van der Waals surface area contributed by atoms with Crippen molar-refractivity contribution in [3.63, 3.8) is 0 Å². The van der Waals surface area contributed by atoms with Crippen LogP contribution < -0.4 is 9.47 Å². The number of hydrogen-bond acceptors (Lipinski definition) is 4. The van der Waals surface area contributed by atoms with Gasteiger partial charge in [-0.3, -0.25) is 9.59 Å². The number of ether oxygens (including phenoxy) is 2. The molecule has 0 atom stereocenters. The molecule has 0 unspecified atom stereocenters. The van der Waals surface area contributed by atoms with Crippen LogP contribution >= 0.6 is 27.5 Å². The summed E-state index contributed by atoms with van der Waals surface area (Å²) < 4.78 is 12.2. The Bertz CT molecular complexity index is 1140. The van der Waals surface area contributed by atoms with E-state index in [2.05, 4.69) is 15.9 Å². The van der Waals surface area contributed by atoms with Gasteiger partial charge in [0.05, 0.1) is 5.56 Å². The largest absolute Gasteiger partial charge is 0.485 e. The molecule has 0 N–H and O–H groups in total. The maximum Gasteiger partial charge on any atom is 0.231 e. The van der Waals surface area contributed by atoms with Gasteiger partial charge in [0.1, 0.15) is 11.5 Å². The van der Waals surface area contributed by atoms with Crippen molar-refractivity contribution >= 4 is 45.2 Å². The van der Waals surface area contributed by atoms with E-state index in [9.17, 15) is 9.59 Å². The molecule has 29 heavy (non-hydrogen) atoms. The minimum atomic E-state index is -0.195. The van der Waals surface area contributed by atoms with Gasteiger partial charge in [-0.15, -0.1) is 0 Å². The van der Waals surface area contributed by atoms with Crippen LogP contribution in [0.2, 0.25) is 5.02 Å². The minimum absolute atomic E-state index is 0.131. The molecule has 1 aliphatic heterocycles. The molecular weight excluding hydrogens is 456 g/mol. The topological polar surface area (TPSA) is 52.6 Å². The van der Waals surface area contributed by atoms with Crippen molar-refractivity contribution in [2.24, 2.45) is 0 Å². The molecule has 0 bridgehead atoms. The number of rotatable bonds is 5. The molecule has 0 radical (unpaired) electrons. The van der Waals surface area contributed by atoms with Crippen molar-refractivity contribution in [3.8, 4) is 11.5 Å². The predicted molar refractivity (Wildman–Crippen MR) is 115 cm³/mol. The second kappa shape index (κ2) is 8.23. The first kappa shape index (κ1) is 19.4. The summed E-state index contributed by atoms with van der Waals surface area (Å²) in [5.74, 6) is 0.722. The first-order valence-corrected chi connectivity index (χ1v) is 9.93. The predicted octanol–water partition coefficient (Wildman–Crippen LogP) is 5.98. The van der Waals surface area contributed by atoms with Gasteiger partial charge in [0.25, 0.3) is 0 Å². The van der Waals surface area contributed by atoms with E-state index in [1.807, 2.05) is 24.3 Å². The van der Waals surface area contributed by atoms with Crippen LogP contribution in [0.1, 0.15) is 26.3 Å². The highest BCUT2D eigenvalue weighted by Gasteiger charge is 2.28. The zero-order valence-electron chi connectivity index (χ0n) is 15.0. The smallest absolute Gasteiger partial charge is 0.231 e. The SMILES string of the molecule is O=C(COc1ccc2c(c1)OC(=Cc1ccccc1Br)C2=O)c1ccc(Cl)cc1. The number of fused-ring (bicyclic) bond motifs is 1. The third-order valence-corrected chi connectivity index (χ3v) is 5.34. The Labute approximate surface area is 180 Å². The molecule has 4 nitrogen and oxygen atoms in total. The molecule has 1 heterocycles. The van der Waals surface area contributed by atoms with Gasteiger partial charge >= 0.3 is 0 Å². The summed E-state index contributed by atoms with van der Waals surface area (Å²) in [6.07, 6.45) is 1.69. The Morgan fingerprint density at radius 3 is 2.59 bits per heavy atom. The summed E-state index contributed by atoms with van der Waals surface area (Å²) in [5.41, 5.74) is 1.81. The minimum Gasteiger partial charge on any atom is -0.485 e. The first-order chi connectivity index (χ1) is 14.0. The van der Waals surface area contributed by atoms with Crippen LogP contribution in [0.3, 0.4) is 0 Å². The van der Waals surface area contributed by atoms with Gasteiger partial charge in [-0.05, 0) is 54.1 Å². The third kappa shape index (κ3) is 4.26. The Hall–Kier alpha value is -2.89. The van der Waals surface area contributed by atoms with E-state index in [-0.39, 0.29) is 23.9 Å². The number of benzene rings is 3. The van der Waals surface area contributed by atoms with Crippen molar-refractivity contribution in [2.45, 2.75) is 0 Å². The molecular formula is C23H14BrClO4. The maximum absolute atomic E-state index is 12.6. The van der Waals surface area contributed by atoms with E-state index in [0.717, 1.165) is 10.0 Å². The van der Waals surface area contributed by atoms with Crippen LogP contribution in [0, 0.1) is 0 Å². The fourth-order valence-electron chi connectivity index (χ4n) is 2.86. The summed E-state index contributed by atoms with van der Waals surface area (Å²) in [5, 5.41) is 0.564. The second-order valence-corrected chi connectivity index (χ2v) is 7.63. The summed E-state index contributed by atoms with van der Waals surface area (Å²) in [4.78, 5) is 24.8. The van der Waals surface area contributed by atoms with Crippen LogP contribution in [-0.2, 0) is 0 Å². The molecule has 6 heteroatoms. The van der Waals surface area contributed by atoms with Crippen LogP contribution in [0.5, 0.6) is 11.5 Å². The van der Waals surface area contributed by atoms with Crippen molar-refractivity contribution in [1.82, 2.24) is 0 Å². The Morgan fingerprint density at radius 1 is 1.07 bits per heavy atom. The summed E-state index contributed by atoms with van der Waals surface area (Å²) in [6.45, 7) is -0.131. The Kier molecular flexibility index (Phi) is 5.51. The molecule has 3 aromatic carbocycles. The fraction of sp³-hybridized carbons (Fsp3) is 0.0435. The normalized spacial score (nSPS) is 13.9. The lowest BCUT2D eigenvalue weighted by atomic mass is 10.1. The number of halogens is 2. The first-order valence-electron chi connectivity index (χ1n) is 8.75. The average molecular weight is 470 g/mol. The van der Waals surface area contributed by atoms with Gasteiger partial charge < -0.3 is 9.47 Å². The van der Waals surface area contributed by atoms with Crippen molar-refractivity contribution < 1.29 is 19.1 Å². The fourth-order valence-corrected chi connectivity index (χ4v) is 3.38. The summed E-state index contributed by atoms with van der Waals surface area (Å²) >= 11 is 9.29. The summed E-state index contributed by atoms with van der Waals surface area (Å²) in [6, 6.07) is 19.1. The third-order valence-electron chi connectivity index (χ3n) is 4.37. The van der Waals surface area contributed by atoms with Gasteiger partial charge in [0, 0.05) is 21.1 Å². The zero-order valence-corrected chi connectivity index (χ0v) is 17.4. The second-order valence-electron chi connectivity index (χ2n) is 6.34. The number of ketones is 2. The molecule has 3 aromatic rings. The van der Waals surface area contributed by atoms with E-state index >= 15 is 0 Å². The molecule has 0 spiro atoms. The molecule has 0 amide bonds.